The van der Waals surface area contributed by atoms with Gasteiger partial charge in [0, 0.05) is 51.8 Å². The van der Waals surface area contributed by atoms with Crippen LogP contribution in [0.3, 0.4) is 0 Å². The first-order valence-electron chi connectivity index (χ1n) is 10.6. The van der Waals surface area contributed by atoms with Crippen molar-refractivity contribution >= 4 is 17.6 Å². The number of anilines is 1. The van der Waals surface area contributed by atoms with Crippen molar-refractivity contribution < 1.29 is 14.0 Å². The Morgan fingerprint density at radius 3 is 2.57 bits per heavy atom. The van der Waals surface area contributed by atoms with Crippen LogP contribution in [0, 0.1) is 11.7 Å². The number of amides is 2. The molecule has 160 valence electrons. The van der Waals surface area contributed by atoms with E-state index in [1.54, 1.807) is 34.8 Å². The lowest BCUT2D eigenvalue weighted by Crippen LogP contribution is -2.48. The number of carbonyl (C=O) groups excluding carboxylic acids is 2. The Morgan fingerprint density at radius 1 is 1.13 bits per heavy atom. The largest absolute Gasteiger partial charge is 0.335 e. The number of aryl methyl sites for hydroxylation is 1. The first kappa shape index (κ1) is 20.5. The molecule has 30 heavy (non-hydrogen) atoms. The smallest absolute Gasteiger partial charge is 0.274 e. The Morgan fingerprint density at radius 2 is 1.87 bits per heavy atom. The number of rotatable bonds is 5. The molecule has 7 nitrogen and oxygen atoms in total. The molecular formula is C22H28FN5O2. The standard InChI is InChI=1S/C22H28FN5O2/c1-26-20(24-21(29)17-6-2-3-7-17)14-19(25-26)22(30)28-11-9-27(10-12-28)15-16-5-4-8-18(23)13-16/h4-5,8,13-14,17H,2-3,6-7,9-12,15H2,1H3,(H,24,29). The second kappa shape index (κ2) is 8.95. The van der Waals surface area contributed by atoms with E-state index >= 15 is 0 Å². The predicted molar refractivity (Wildman–Crippen MR) is 111 cm³/mol. The van der Waals surface area contributed by atoms with Crippen molar-refractivity contribution in [2.75, 3.05) is 31.5 Å². The number of nitrogens with zero attached hydrogens (tertiary/aromatic N) is 4. The van der Waals surface area contributed by atoms with Crippen molar-refractivity contribution in [3.63, 3.8) is 0 Å². The van der Waals surface area contributed by atoms with Crippen molar-refractivity contribution in [2.45, 2.75) is 32.2 Å². The summed E-state index contributed by atoms with van der Waals surface area (Å²) in [4.78, 5) is 29.3. The van der Waals surface area contributed by atoms with E-state index in [0.717, 1.165) is 44.3 Å². The highest BCUT2D eigenvalue weighted by molar-refractivity contribution is 5.96. The monoisotopic (exact) mass is 413 g/mol. The summed E-state index contributed by atoms with van der Waals surface area (Å²) >= 11 is 0. The van der Waals surface area contributed by atoms with Crippen molar-refractivity contribution in [3.8, 4) is 0 Å². The lowest BCUT2D eigenvalue weighted by Gasteiger charge is -2.34. The van der Waals surface area contributed by atoms with Crippen LogP contribution in [-0.2, 0) is 18.4 Å². The van der Waals surface area contributed by atoms with E-state index < -0.39 is 0 Å². The second-order valence-electron chi connectivity index (χ2n) is 8.21. The van der Waals surface area contributed by atoms with Crippen LogP contribution >= 0.6 is 0 Å². The normalized spacial score (nSPS) is 18.0. The summed E-state index contributed by atoms with van der Waals surface area (Å²) in [6.45, 7) is 3.30. The van der Waals surface area contributed by atoms with E-state index in [2.05, 4.69) is 15.3 Å². The highest BCUT2D eigenvalue weighted by Gasteiger charge is 2.27. The number of piperazine rings is 1. The Labute approximate surface area is 175 Å². The summed E-state index contributed by atoms with van der Waals surface area (Å²) in [5.74, 6) is 0.273. The van der Waals surface area contributed by atoms with Gasteiger partial charge in [-0.05, 0) is 30.5 Å². The molecule has 0 unspecified atom stereocenters. The molecule has 0 spiro atoms. The Bertz CT molecular complexity index is 914. The summed E-state index contributed by atoms with van der Waals surface area (Å²) in [7, 11) is 1.73. The molecule has 1 saturated heterocycles. The summed E-state index contributed by atoms with van der Waals surface area (Å²) in [6, 6.07) is 8.28. The fourth-order valence-electron chi connectivity index (χ4n) is 4.27. The number of carbonyl (C=O) groups is 2. The highest BCUT2D eigenvalue weighted by Crippen LogP contribution is 2.26. The summed E-state index contributed by atoms with van der Waals surface area (Å²) in [6.07, 6.45) is 4.04. The molecule has 0 radical (unpaired) electrons. The summed E-state index contributed by atoms with van der Waals surface area (Å²) in [5, 5.41) is 7.24. The maximum absolute atomic E-state index is 13.4. The zero-order chi connectivity index (χ0) is 21.1. The van der Waals surface area contributed by atoms with Crippen LogP contribution in [0.25, 0.3) is 0 Å². The lowest BCUT2D eigenvalue weighted by atomic mass is 10.1. The predicted octanol–water partition coefficient (Wildman–Crippen LogP) is 2.65. The van der Waals surface area contributed by atoms with Gasteiger partial charge in [0.1, 0.15) is 11.6 Å². The second-order valence-corrected chi connectivity index (χ2v) is 8.21. The van der Waals surface area contributed by atoms with Gasteiger partial charge in [0.2, 0.25) is 5.91 Å². The Balaban J connectivity index is 1.32. The Hall–Kier alpha value is -2.74. The molecule has 1 N–H and O–H groups in total. The topological polar surface area (TPSA) is 70.5 Å². The van der Waals surface area contributed by atoms with Gasteiger partial charge < -0.3 is 10.2 Å². The van der Waals surface area contributed by atoms with E-state index in [-0.39, 0.29) is 23.5 Å². The highest BCUT2D eigenvalue weighted by atomic mass is 19.1. The number of nitrogens with one attached hydrogen (secondary N) is 1. The molecule has 1 aliphatic heterocycles. The first-order chi connectivity index (χ1) is 14.5. The lowest BCUT2D eigenvalue weighted by molar-refractivity contribution is -0.119. The van der Waals surface area contributed by atoms with Crippen LogP contribution < -0.4 is 5.32 Å². The molecule has 2 fully saturated rings. The minimum absolute atomic E-state index is 0.0143. The third-order valence-electron chi connectivity index (χ3n) is 6.03. The molecule has 2 aliphatic rings. The van der Waals surface area contributed by atoms with Gasteiger partial charge in [-0.3, -0.25) is 19.2 Å². The van der Waals surface area contributed by atoms with Gasteiger partial charge in [-0.25, -0.2) is 4.39 Å². The number of hydrogen-bond donors (Lipinski definition) is 1. The molecule has 1 saturated carbocycles. The van der Waals surface area contributed by atoms with E-state index in [9.17, 15) is 14.0 Å². The zero-order valence-electron chi connectivity index (χ0n) is 17.3. The van der Waals surface area contributed by atoms with Crippen LogP contribution in [0.2, 0.25) is 0 Å². The molecule has 2 amide bonds. The molecule has 0 bridgehead atoms. The molecule has 2 heterocycles. The molecule has 0 atom stereocenters. The molecule has 1 aliphatic carbocycles. The van der Waals surface area contributed by atoms with Crippen LogP contribution in [0.15, 0.2) is 30.3 Å². The molecule has 1 aromatic heterocycles. The third kappa shape index (κ3) is 4.70. The van der Waals surface area contributed by atoms with E-state index in [0.29, 0.717) is 31.1 Å². The van der Waals surface area contributed by atoms with Crippen LogP contribution in [0.4, 0.5) is 10.2 Å². The van der Waals surface area contributed by atoms with Gasteiger partial charge in [-0.2, -0.15) is 5.10 Å². The fourth-order valence-corrected chi connectivity index (χ4v) is 4.27. The minimum Gasteiger partial charge on any atom is -0.335 e. The molecular weight excluding hydrogens is 385 g/mol. The number of hydrogen-bond acceptors (Lipinski definition) is 4. The molecule has 1 aromatic carbocycles. The zero-order valence-corrected chi connectivity index (χ0v) is 17.3. The van der Waals surface area contributed by atoms with Crippen molar-refractivity contribution in [3.05, 3.63) is 47.4 Å². The first-order valence-corrected chi connectivity index (χ1v) is 10.6. The van der Waals surface area contributed by atoms with Crippen LogP contribution in [0.5, 0.6) is 0 Å². The average molecular weight is 413 g/mol. The van der Waals surface area contributed by atoms with Crippen molar-refractivity contribution in [1.29, 1.82) is 0 Å². The van der Waals surface area contributed by atoms with Gasteiger partial charge >= 0.3 is 0 Å². The SMILES string of the molecule is Cn1nc(C(=O)N2CCN(Cc3cccc(F)c3)CC2)cc1NC(=O)C1CCCC1. The van der Waals surface area contributed by atoms with Gasteiger partial charge in [0.05, 0.1) is 0 Å². The van der Waals surface area contributed by atoms with Crippen molar-refractivity contribution in [1.82, 2.24) is 19.6 Å². The van der Waals surface area contributed by atoms with E-state index in [1.807, 2.05) is 6.07 Å². The average Bonchev–Trinajstić information content (AvgIpc) is 3.39. The number of halogens is 1. The molecule has 2 aromatic rings. The van der Waals surface area contributed by atoms with Gasteiger partial charge in [-0.1, -0.05) is 25.0 Å². The summed E-state index contributed by atoms with van der Waals surface area (Å²) < 4.78 is 14.9. The Kier molecular flexibility index (Phi) is 6.13. The van der Waals surface area contributed by atoms with E-state index in [1.165, 1.54) is 6.07 Å². The van der Waals surface area contributed by atoms with E-state index in [4.69, 9.17) is 0 Å². The van der Waals surface area contributed by atoms with Gasteiger partial charge in [0.25, 0.3) is 5.91 Å². The third-order valence-corrected chi connectivity index (χ3v) is 6.03. The van der Waals surface area contributed by atoms with Crippen LogP contribution in [0.1, 0.15) is 41.7 Å². The van der Waals surface area contributed by atoms with Gasteiger partial charge in [0.15, 0.2) is 5.69 Å². The number of aromatic nitrogens is 2. The molecule has 4 rings (SSSR count). The maximum atomic E-state index is 13.4. The molecule has 8 heteroatoms. The van der Waals surface area contributed by atoms with Crippen molar-refractivity contribution in [2.24, 2.45) is 13.0 Å². The van der Waals surface area contributed by atoms with Crippen LogP contribution in [-0.4, -0.2) is 57.6 Å². The minimum atomic E-state index is -0.229. The maximum Gasteiger partial charge on any atom is 0.274 e. The summed E-state index contributed by atoms with van der Waals surface area (Å²) in [5.41, 5.74) is 1.28. The quantitative estimate of drug-likeness (QED) is 0.818. The fraction of sp³-hybridized carbons (Fsp3) is 0.500. The van der Waals surface area contributed by atoms with Gasteiger partial charge in [-0.15, -0.1) is 0 Å². The number of benzene rings is 1.